The minimum absolute atomic E-state index is 0.0438. The third-order valence-electron chi connectivity index (χ3n) is 4.11. The molecule has 2 heterocycles. The van der Waals surface area contributed by atoms with E-state index in [1.54, 1.807) is 0 Å². The summed E-state index contributed by atoms with van der Waals surface area (Å²) in [5.41, 5.74) is 2.16. The Hall–Kier alpha value is -1.40. The quantitative estimate of drug-likeness (QED) is 0.813. The maximum Gasteiger partial charge on any atom is 0.233 e. The largest absolute Gasteiger partial charge is 0.309 e. The van der Waals surface area contributed by atoms with E-state index < -0.39 is 10.0 Å². The van der Waals surface area contributed by atoms with Crippen LogP contribution in [0.2, 0.25) is 0 Å². The Morgan fingerprint density at radius 3 is 2.55 bits per heavy atom. The molecule has 1 amide bonds. The first-order valence-corrected chi connectivity index (χ1v) is 8.59. The second-order valence-corrected chi connectivity index (χ2v) is 7.65. The molecule has 0 saturated carbocycles. The summed E-state index contributed by atoms with van der Waals surface area (Å²) in [6.07, 6.45) is 2.05. The van der Waals surface area contributed by atoms with Crippen LogP contribution in [0, 0.1) is 5.92 Å². The second kappa shape index (κ2) is 4.56. The smallest absolute Gasteiger partial charge is 0.233 e. The van der Waals surface area contributed by atoms with Crippen LogP contribution in [0.5, 0.6) is 0 Å². The van der Waals surface area contributed by atoms with Crippen LogP contribution in [0.3, 0.4) is 0 Å². The lowest BCUT2D eigenvalue weighted by molar-refractivity contribution is -0.125. The minimum atomic E-state index is -3.17. The maximum atomic E-state index is 12.6. The number of amides is 1. The van der Waals surface area contributed by atoms with Crippen LogP contribution in [0.25, 0.3) is 0 Å². The van der Waals surface area contributed by atoms with Gasteiger partial charge in [-0.25, -0.2) is 12.7 Å². The maximum absolute atomic E-state index is 12.6. The van der Waals surface area contributed by atoms with Gasteiger partial charge in [0.15, 0.2) is 0 Å². The van der Waals surface area contributed by atoms with E-state index >= 15 is 0 Å². The van der Waals surface area contributed by atoms with E-state index in [9.17, 15) is 13.2 Å². The molecule has 0 bridgehead atoms. The molecule has 0 radical (unpaired) electrons. The molecule has 5 nitrogen and oxygen atoms in total. The van der Waals surface area contributed by atoms with Crippen molar-refractivity contribution >= 4 is 21.6 Å². The minimum Gasteiger partial charge on any atom is -0.309 e. The molecule has 0 N–H and O–H groups in total. The van der Waals surface area contributed by atoms with Gasteiger partial charge in [0.2, 0.25) is 15.9 Å². The first-order valence-electron chi connectivity index (χ1n) is 6.74. The molecule has 0 spiro atoms. The number of hydrogen-bond donors (Lipinski definition) is 0. The molecule has 1 unspecified atom stereocenters. The Morgan fingerprint density at radius 1 is 1.25 bits per heavy atom. The molecule has 0 aliphatic carbocycles. The van der Waals surface area contributed by atoms with Gasteiger partial charge in [0, 0.05) is 24.8 Å². The first kappa shape index (κ1) is 13.6. The van der Waals surface area contributed by atoms with Crippen molar-refractivity contribution in [3.8, 4) is 0 Å². The van der Waals surface area contributed by atoms with Gasteiger partial charge in [-0.3, -0.25) is 4.79 Å². The number of nitrogens with zero attached hydrogens (tertiary/aromatic N) is 2. The fourth-order valence-corrected chi connectivity index (χ4v) is 3.86. The van der Waals surface area contributed by atoms with Crippen molar-refractivity contribution in [2.45, 2.75) is 19.4 Å². The molecule has 2 aliphatic rings. The van der Waals surface area contributed by atoms with E-state index in [4.69, 9.17) is 0 Å². The Balaban J connectivity index is 1.77. The topological polar surface area (TPSA) is 57.7 Å². The number of benzene rings is 1. The number of carbonyl (C=O) groups excluding carboxylic acids is 1. The SMILES string of the molecule is CC1Cc2ccccc2N1C(=O)C1CN(S(C)(=O)=O)C1. The van der Waals surface area contributed by atoms with Crippen LogP contribution in [0.1, 0.15) is 12.5 Å². The number of fused-ring (bicyclic) bond motifs is 1. The van der Waals surface area contributed by atoms with Crippen molar-refractivity contribution in [2.75, 3.05) is 24.2 Å². The molecular weight excluding hydrogens is 276 g/mol. The standard InChI is InChI=1S/C14H18N2O3S/c1-10-7-11-5-3-4-6-13(11)16(10)14(17)12-8-15(9-12)20(2,18)19/h3-6,10,12H,7-9H2,1-2H3. The molecule has 1 aromatic rings. The summed E-state index contributed by atoms with van der Waals surface area (Å²) in [7, 11) is -3.17. The zero-order valence-corrected chi connectivity index (χ0v) is 12.4. The van der Waals surface area contributed by atoms with E-state index in [1.165, 1.54) is 16.1 Å². The van der Waals surface area contributed by atoms with Crippen LogP contribution in [0.15, 0.2) is 24.3 Å². The lowest BCUT2D eigenvalue weighted by atomic mass is 10.0. The fraction of sp³-hybridized carbons (Fsp3) is 0.500. The number of hydrogen-bond acceptors (Lipinski definition) is 3. The van der Waals surface area contributed by atoms with E-state index in [-0.39, 0.29) is 17.9 Å². The van der Waals surface area contributed by atoms with E-state index in [2.05, 4.69) is 0 Å². The summed E-state index contributed by atoms with van der Waals surface area (Å²) in [5, 5.41) is 0. The molecule has 3 rings (SSSR count). The van der Waals surface area contributed by atoms with Gasteiger partial charge in [0.1, 0.15) is 0 Å². The average molecular weight is 294 g/mol. The summed E-state index contributed by atoms with van der Waals surface area (Å²) in [4.78, 5) is 14.4. The highest BCUT2D eigenvalue weighted by molar-refractivity contribution is 7.88. The Kier molecular flexibility index (Phi) is 3.10. The second-order valence-electron chi connectivity index (χ2n) is 5.67. The summed E-state index contributed by atoms with van der Waals surface area (Å²) < 4.78 is 24.1. The van der Waals surface area contributed by atoms with Crippen molar-refractivity contribution in [2.24, 2.45) is 5.92 Å². The van der Waals surface area contributed by atoms with Crippen LogP contribution >= 0.6 is 0 Å². The average Bonchev–Trinajstić information content (AvgIpc) is 2.60. The monoisotopic (exact) mass is 294 g/mol. The number of sulfonamides is 1. The van der Waals surface area contributed by atoms with Gasteiger partial charge in [0.05, 0.1) is 12.2 Å². The van der Waals surface area contributed by atoms with E-state index in [1.807, 2.05) is 36.1 Å². The predicted octanol–water partition coefficient (Wildman–Crippen LogP) is 0.856. The number of rotatable bonds is 2. The number of para-hydroxylation sites is 1. The molecule has 0 aromatic heterocycles. The van der Waals surface area contributed by atoms with Gasteiger partial charge in [-0.2, -0.15) is 0 Å². The Morgan fingerprint density at radius 2 is 1.90 bits per heavy atom. The molecular formula is C14H18N2O3S. The molecule has 108 valence electrons. The zero-order valence-electron chi connectivity index (χ0n) is 11.6. The summed E-state index contributed by atoms with van der Waals surface area (Å²) >= 11 is 0. The predicted molar refractivity (Wildman–Crippen MR) is 77.0 cm³/mol. The zero-order chi connectivity index (χ0) is 14.5. The van der Waals surface area contributed by atoms with Gasteiger partial charge < -0.3 is 4.90 Å². The van der Waals surface area contributed by atoms with Gasteiger partial charge in [-0.05, 0) is 25.0 Å². The van der Waals surface area contributed by atoms with Crippen molar-refractivity contribution in [3.63, 3.8) is 0 Å². The van der Waals surface area contributed by atoms with Crippen LogP contribution in [-0.2, 0) is 21.2 Å². The van der Waals surface area contributed by atoms with E-state index in [0.29, 0.717) is 13.1 Å². The fourth-order valence-electron chi connectivity index (χ4n) is 2.96. The lowest BCUT2D eigenvalue weighted by Crippen LogP contribution is -2.57. The number of carbonyl (C=O) groups is 1. The van der Waals surface area contributed by atoms with Gasteiger partial charge in [0.25, 0.3) is 0 Å². The first-order chi connectivity index (χ1) is 9.38. The van der Waals surface area contributed by atoms with Crippen molar-refractivity contribution in [1.82, 2.24) is 4.31 Å². The molecule has 1 atom stereocenters. The third kappa shape index (κ3) is 2.13. The molecule has 1 saturated heterocycles. The van der Waals surface area contributed by atoms with Crippen molar-refractivity contribution in [1.29, 1.82) is 0 Å². The summed E-state index contributed by atoms with van der Waals surface area (Å²) in [6, 6.07) is 8.06. The summed E-state index contributed by atoms with van der Waals surface area (Å²) in [6.45, 7) is 2.65. The molecule has 6 heteroatoms. The third-order valence-corrected chi connectivity index (χ3v) is 5.35. The molecule has 20 heavy (non-hydrogen) atoms. The highest BCUT2D eigenvalue weighted by Crippen LogP contribution is 2.34. The highest BCUT2D eigenvalue weighted by Gasteiger charge is 2.42. The Bertz CT molecular complexity index is 650. The van der Waals surface area contributed by atoms with Gasteiger partial charge in [-0.1, -0.05) is 18.2 Å². The normalized spacial score (nSPS) is 23.5. The van der Waals surface area contributed by atoms with E-state index in [0.717, 1.165) is 12.1 Å². The highest BCUT2D eigenvalue weighted by atomic mass is 32.2. The van der Waals surface area contributed by atoms with Gasteiger partial charge in [-0.15, -0.1) is 0 Å². The molecule has 1 fully saturated rings. The lowest BCUT2D eigenvalue weighted by Gasteiger charge is -2.39. The summed E-state index contributed by atoms with van der Waals surface area (Å²) in [5.74, 6) is -0.166. The van der Waals surface area contributed by atoms with Gasteiger partial charge >= 0.3 is 0 Å². The van der Waals surface area contributed by atoms with Crippen LogP contribution in [0.4, 0.5) is 5.69 Å². The number of anilines is 1. The van der Waals surface area contributed by atoms with Crippen molar-refractivity contribution < 1.29 is 13.2 Å². The van der Waals surface area contributed by atoms with Crippen LogP contribution in [-0.4, -0.2) is 44.0 Å². The van der Waals surface area contributed by atoms with Crippen molar-refractivity contribution in [3.05, 3.63) is 29.8 Å². The Labute approximate surface area is 119 Å². The molecule has 2 aliphatic heterocycles. The molecule has 1 aromatic carbocycles. The van der Waals surface area contributed by atoms with Crippen LogP contribution < -0.4 is 4.90 Å².